The fraction of sp³-hybridized carbons (Fsp3) is 0.278. The van der Waals surface area contributed by atoms with E-state index >= 15 is 0 Å². The highest BCUT2D eigenvalue weighted by atomic mass is 79.9. The second kappa shape index (κ2) is 11.0. The summed E-state index contributed by atoms with van der Waals surface area (Å²) in [5.41, 5.74) is 7.47. The summed E-state index contributed by atoms with van der Waals surface area (Å²) >= 11 is 3.45. The number of ether oxygens (including phenoxy) is 2. The Hall–Kier alpha value is -1.76. The van der Waals surface area contributed by atoms with Crippen molar-refractivity contribution < 1.29 is 26.7 Å². The van der Waals surface area contributed by atoms with E-state index in [1.165, 1.54) is 5.56 Å². The quantitative estimate of drug-likeness (QED) is 0.536. The SMILES string of the molecule is COc1cc(CNCCc2ccccc2)cc(Br)c1OCC(N)=O.[Cl-]. The predicted octanol–water partition coefficient (Wildman–Crippen LogP) is -0.342. The number of nitrogens with one attached hydrogen (secondary N) is 1. The summed E-state index contributed by atoms with van der Waals surface area (Å²) in [6.07, 6.45) is 0.971. The van der Waals surface area contributed by atoms with Gasteiger partial charge in [0.05, 0.1) is 11.6 Å². The summed E-state index contributed by atoms with van der Waals surface area (Å²) in [4.78, 5) is 10.9. The number of methoxy groups -OCH3 is 1. The van der Waals surface area contributed by atoms with Gasteiger partial charge in [-0.1, -0.05) is 30.3 Å². The van der Waals surface area contributed by atoms with E-state index in [0.29, 0.717) is 18.0 Å². The zero-order valence-corrected chi connectivity index (χ0v) is 16.3. The van der Waals surface area contributed by atoms with Gasteiger partial charge in [-0.25, -0.2) is 0 Å². The maximum absolute atomic E-state index is 10.9. The molecule has 3 N–H and O–H groups in total. The van der Waals surface area contributed by atoms with Gasteiger partial charge in [0, 0.05) is 6.54 Å². The molecule has 0 unspecified atom stereocenters. The first-order valence-electron chi connectivity index (χ1n) is 7.62. The van der Waals surface area contributed by atoms with E-state index in [-0.39, 0.29) is 19.0 Å². The third kappa shape index (κ3) is 6.94. The van der Waals surface area contributed by atoms with E-state index < -0.39 is 5.91 Å². The maximum atomic E-state index is 10.9. The maximum Gasteiger partial charge on any atom is 0.255 e. The number of hydrogen-bond acceptors (Lipinski definition) is 4. The summed E-state index contributed by atoms with van der Waals surface area (Å²) < 4.78 is 11.5. The van der Waals surface area contributed by atoms with Crippen LogP contribution in [0.4, 0.5) is 0 Å². The van der Waals surface area contributed by atoms with Gasteiger partial charge in [0.15, 0.2) is 18.1 Å². The van der Waals surface area contributed by atoms with Crippen molar-refractivity contribution in [3.8, 4) is 11.5 Å². The van der Waals surface area contributed by atoms with Crippen LogP contribution < -0.4 is 32.9 Å². The molecule has 0 aliphatic heterocycles. The minimum atomic E-state index is -0.532. The molecule has 0 bridgehead atoms. The smallest absolute Gasteiger partial charge is 0.255 e. The molecule has 0 atom stereocenters. The molecule has 0 aliphatic carbocycles. The Kier molecular flexibility index (Phi) is 9.34. The molecule has 2 aromatic carbocycles. The summed E-state index contributed by atoms with van der Waals surface area (Å²) in [5, 5.41) is 3.41. The fourth-order valence-corrected chi connectivity index (χ4v) is 2.87. The highest BCUT2D eigenvalue weighted by molar-refractivity contribution is 9.10. The number of rotatable bonds is 9. The minimum absolute atomic E-state index is 0. The number of halogens is 2. The first-order chi connectivity index (χ1) is 11.6. The Morgan fingerprint density at radius 1 is 1.20 bits per heavy atom. The first-order valence-corrected chi connectivity index (χ1v) is 8.41. The Bertz CT molecular complexity index is 684. The molecule has 0 spiro atoms. The van der Waals surface area contributed by atoms with E-state index in [0.717, 1.165) is 23.0 Å². The largest absolute Gasteiger partial charge is 1.00 e. The molecule has 5 nitrogen and oxygen atoms in total. The van der Waals surface area contributed by atoms with Gasteiger partial charge < -0.3 is 32.9 Å². The molecule has 7 heteroatoms. The summed E-state index contributed by atoms with van der Waals surface area (Å²) in [6, 6.07) is 14.2. The average molecular weight is 429 g/mol. The van der Waals surface area contributed by atoms with Crippen LogP contribution in [0.5, 0.6) is 11.5 Å². The van der Waals surface area contributed by atoms with Crippen molar-refractivity contribution in [2.24, 2.45) is 5.73 Å². The molecule has 136 valence electrons. The zero-order valence-electron chi connectivity index (χ0n) is 13.9. The monoisotopic (exact) mass is 427 g/mol. The average Bonchev–Trinajstić information content (AvgIpc) is 2.58. The molecule has 0 fully saturated rings. The lowest BCUT2D eigenvalue weighted by atomic mass is 10.1. The number of benzene rings is 2. The van der Waals surface area contributed by atoms with Gasteiger partial charge in [-0.2, -0.15) is 0 Å². The van der Waals surface area contributed by atoms with Gasteiger partial charge in [-0.15, -0.1) is 0 Å². The van der Waals surface area contributed by atoms with Gasteiger partial charge in [0.25, 0.3) is 5.91 Å². The van der Waals surface area contributed by atoms with Gasteiger partial charge in [0.1, 0.15) is 0 Å². The van der Waals surface area contributed by atoms with Crippen molar-refractivity contribution in [2.45, 2.75) is 13.0 Å². The van der Waals surface area contributed by atoms with Crippen molar-refractivity contribution in [1.29, 1.82) is 0 Å². The van der Waals surface area contributed by atoms with Crippen molar-refractivity contribution in [3.63, 3.8) is 0 Å². The normalized spacial score (nSPS) is 10.0. The Morgan fingerprint density at radius 3 is 2.56 bits per heavy atom. The van der Waals surface area contributed by atoms with Gasteiger partial charge in [0.2, 0.25) is 0 Å². The van der Waals surface area contributed by atoms with Crippen molar-refractivity contribution in [2.75, 3.05) is 20.3 Å². The van der Waals surface area contributed by atoms with Crippen LogP contribution in [-0.2, 0) is 17.8 Å². The molecule has 0 aromatic heterocycles. The van der Waals surface area contributed by atoms with Crippen molar-refractivity contribution in [1.82, 2.24) is 5.32 Å². The fourth-order valence-electron chi connectivity index (χ4n) is 2.27. The zero-order chi connectivity index (χ0) is 17.4. The molecule has 1 amide bonds. The number of hydrogen-bond donors (Lipinski definition) is 2. The number of nitrogens with two attached hydrogens (primary N) is 1. The molecular weight excluding hydrogens is 408 g/mol. The van der Waals surface area contributed by atoms with E-state index in [1.807, 2.05) is 30.3 Å². The predicted molar refractivity (Wildman–Crippen MR) is 97.2 cm³/mol. The highest BCUT2D eigenvalue weighted by Crippen LogP contribution is 2.36. The summed E-state index contributed by atoms with van der Waals surface area (Å²) in [5.74, 6) is 0.505. The molecule has 0 aliphatic rings. The van der Waals surface area contributed by atoms with Gasteiger partial charge >= 0.3 is 0 Å². The van der Waals surface area contributed by atoms with Gasteiger partial charge in [-0.3, -0.25) is 4.79 Å². The first kappa shape index (κ1) is 21.3. The Morgan fingerprint density at radius 2 is 1.92 bits per heavy atom. The van der Waals surface area contributed by atoms with E-state index in [2.05, 4.69) is 33.4 Å². The highest BCUT2D eigenvalue weighted by Gasteiger charge is 2.12. The lowest BCUT2D eigenvalue weighted by molar-refractivity contribution is -0.119. The second-order valence-corrected chi connectivity index (χ2v) is 6.13. The van der Waals surface area contributed by atoms with Crippen LogP contribution in [0.3, 0.4) is 0 Å². The number of carbonyl (C=O) groups is 1. The molecular formula is C18H21BrClN2O3-. The van der Waals surface area contributed by atoms with Crippen molar-refractivity contribution >= 4 is 21.8 Å². The number of carbonyl (C=O) groups excluding carboxylic acids is 1. The van der Waals surface area contributed by atoms with E-state index in [1.54, 1.807) is 7.11 Å². The third-order valence-corrected chi connectivity index (χ3v) is 4.00. The molecule has 0 saturated carbocycles. The van der Waals surface area contributed by atoms with Crippen LogP contribution in [0.1, 0.15) is 11.1 Å². The van der Waals surface area contributed by atoms with Crippen LogP contribution in [-0.4, -0.2) is 26.2 Å². The lowest BCUT2D eigenvalue weighted by Crippen LogP contribution is -3.00. The number of primary amides is 1. The molecule has 0 saturated heterocycles. The minimum Gasteiger partial charge on any atom is -1.00 e. The van der Waals surface area contributed by atoms with Crippen LogP contribution in [0, 0.1) is 0 Å². The molecule has 0 heterocycles. The Balaban J connectivity index is 0.00000312. The van der Waals surface area contributed by atoms with Crippen LogP contribution in [0.25, 0.3) is 0 Å². The molecule has 25 heavy (non-hydrogen) atoms. The molecule has 2 rings (SSSR count). The lowest BCUT2D eigenvalue weighted by Gasteiger charge is -2.14. The summed E-state index contributed by atoms with van der Waals surface area (Å²) in [6.45, 7) is 1.39. The standard InChI is InChI=1S/C18H21BrN2O3.ClH/c1-23-16-10-14(9-15(19)18(16)24-12-17(20)22)11-21-8-7-13-5-3-2-4-6-13;/h2-6,9-10,21H,7-8,11-12H2,1H3,(H2,20,22);1H/p-1. The van der Waals surface area contributed by atoms with Crippen molar-refractivity contribution in [3.05, 3.63) is 58.1 Å². The topological polar surface area (TPSA) is 73.6 Å². The van der Waals surface area contributed by atoms with Crippen LogP contribution in [0.2, 0.25) is 0 Å². The van der Waals surface area contributed by atoms with Gasteiger partial charge in [-0.05, 0) is 52.2 Å². The van der Waals surface area contributed by atoms with Crippen LogP contribution >= 0.6 is 15.9 Å². The van der Waals surface area contributed by atoms with E-state index in [9.17, 15) is 4.79 Å². The van der Waals surface area contributed by atoms with Crippen LogP contribution in [0.15, 0.2) is 46.9 Å². The summed E-state index contributed by atoms with van der Waals surface area (Å²) in [7, 11) is 1.56. The molecule has 2 aromatic rings. The molecule has 0 radical (unpaired) electrons. The third-order valence-electron chi connectivity index (χ3n) is 3.41. The number of amides is 1. The second-order valence-electron chi connectivity index (χ2n) is 5.28. The van der Waals surface area contributed by atoms with E-state index in [4.69, 9.17) is 15.2 Å². The Labute approximate surface area is 162 Å².